The lowest BCUT2D eigenvalue weighted by atomic mass is 9.86. The zero-order valence-corrected chi connectivity index (χ0v) is 17.0. The van der Waals surface area contributed by atoms with Crippen LogP contribution in [0.4, 0.5) is 0 Å². The van der Waals surface area contributed by atoms with Crippen molar-refractivity contribution in [1.82, 2.24) is 4.90 Å². The van der Waals surface area contributed by atoms with Gasteiger partial charge >= 0.3 is 0 Å². The molecule has 137 valence electrons. The molecular weight excluding hydrogens is 365 g/mol. The second-order valence-electron chi connectivity index (χ2n) is 7.94. The monoisotopic (exact) mass is 388 g/mol. The summed E-state index contributed by atoms with van der Waals surface area (Å²) in [5, 5.41) is 1.14. The first kappa shape index (κ1) is 19.4. The Hall–Kier alpha value is -1.35. The summed E-state index contributed by atoms with van der Waals surface area (Å²) in [6.45, 7) is 8.65. The van der Waals surface area contributed by atoms with E-state index in [0.717, 1.165) is 30.6 Å². The molecule has 0 bridgehead atoms. The SMILES string of the molecule is CC(C)(C)c1ccc(C(=O)CN2CC[C](c3ccc(Cl)c(Cl)c3)C2)cc1. The zero-order valence-electron chi connectivity index (χ0n) is 15.5. The molecule has 0 saturated carbocycles. The van der Waals surface area contributed by atoms with Crippen molar-refractivity contribution < 1.29 is 4.79 Å². The minimum atomic E-state index is 0.0975. The van der Waals surface area contributed by atoms with E-state index in [1.54, 1.807) is 0 Å². The first-order valence-corrected chi connectivity index (χ1v) is 9.66. The van der Waals surface area contributed by atoms with Crippen LogP contribution in [0.15, 0.2) is 42.5 Å². The fraction of sp³-hybridized carbons (Fsp3) is 0.364. The van der Waals surface area contributed by atoms with Gasteiger partial charge in [-0.15, -0.1) is 0 Å². The van der Waals surface area contributed by atoms with Gasteiger partial charge in [-0.1, -0.05) is 74.3 Å². The number of benzene rings is 2. The van der Waals surface area contributed by atoms with E-state index in [1.807, 2.05) is 30.3 Å². The largest absolute Gasteiger partial charge is 0.295 e. The van der Waals surface area contributed by atoms with Gasteiger partial charge in [-0.25, -0.2) is 0 Å². The lowest BCUT2D eigenvalue weighted by molar-refractivity contribution is 0.0946. The lowest BCUT2D eigenvalue weighted by Gasteiger charge is -2.19. The van der Waals surface area contributed by atoms with Crippen molar-refractivity contribution in [2.24, 2.45) is 0 Å². The Balaban J connectivity index is 1.61. The van der Waals surface area contributed by atoms with Gasteiger partial charge in [-0.2, -0.15) is 0 Å². The minimum Gasteiger partial charge on any atom is -0.295 e. The predicted octanol–water partition coefficient (Wildman–Crippen LogP) is 5.80. The number of carbonyl (C=O) groups excluding carboxylic acids is 1. The standard InChI is InChI=1S/C22H24Cl2NO/c1-22(2,3)18-7-4-15(5-8-18)21(26)14-25-11-10-17(13-25)16-6-9-19(23)20(24)12-16/h4-9,12H,10-11,13-14H2,1-3H3. The average molecular weight is 389 g/mol. The van der Waals surface area contributed by atoms with Gasteiger partial charge in [0, 0.05) is 18.0 Å². The number of halogens is 2. The zero-order chi connectivity index (χ0) is 18.9. The van der Waals surface area contributed by atoms with Crippen LogP contribution in [-0.2, 0) is 5.41 Å². The van der Waals surface area contributed by atoms with E-state index in [2.05, 4.69) is 37.8 Å². The van der Waals surface area contributed by atoms with Crippen molar-refractivity contribution in [3.05, 3.63) is 75.1 Å². The van der Waals surface area contributed by atoms with E-state index in [4.69, 9.17) is 23.2 Å². The molecule has 3 rings (SSSR count). The summed E-state index contributed by atoms with van der Waals surface area (Å²) in [5.41, 5.74) is 3.23. The van der Waals surface area contributed by atoms with Crippen LogP contribution in [0.25, 0.3) is 0 Å². The number of nitrogens with zero attached hydrogens (tertiary/aromatic N) is 1. The van der Waals surface area contributed by atoms with Crippen molar-refractivity contribution in [3.63, 3.8) is 0 Å². The molecule has 1 aliphatic rings. The molecule has 1 fully saturated rings. The maximum absolute atomic E-state index is 12.6. The van der Waals surface area contributed by atoms with Gasteiger partial charge in [0.2, 0.25) is 0 Å². The first-order chi connectivity index (χ1) is 12.2. The Morgan fingerprint density at radius 1 is 1.04 bits per heavy atom. The topological polar surface area (TPSA) is 20.3 Å². The van der Waals surface area contributed by atoms with Gasteiger partial charge < -0.3 is 0 Å². The van der Waals surface area contributed by atoms with Crippen LogP contribution in [0, 0.1) is 5.92 Å². The summed E-state index contributed by atoms with van der Waals surface area (Å²) >= 11 is 12.1. The second kappa shape index (κ2) is 7.72. The van der Waals surface area contributed by atoms with Crippen LogP contribution in [0.5, 0.6) is 0 Å². The van der Waals surface area contributed by atoms with E-state index < -0.39 is 0 Å². The maximum atomic E-state index is 12.6. The molecule has 1 radical (unpaired) electrons. The molecule has 1 saturated heterocycles. The number of rotatable bonds is 4. The first-order valence-electron chi connectivity index (χ1n) is 8.90. The normalized spacial score (nSPS) is 16.2. The van der Waals surface area contributed by atoms with Gasteiger partial charge in [0.1, 0.15) is 0 Å². The summed E-state index contributed by atoms with van der Waals surface area (Å²) in [4.78, 5) is 14.8. The Bertz CT molecular complexity index is 793. The molecule has 0 aliphatic carbocycles. The summed E-state index contributed by atoms with van der Waals surface area (Å²) in [7, 11) is 0. The average Bonchev–Trinajstić information content (AvgIpc) is 3.05. The van der Waals surface area contributed by atoms with Crippen LogP contribution in [0.3, 0.4) is 0 Å². The highest BCUT2D eigenvalue weighted by molar-refractivity contribution is 6.42. The van der Waals surface area contributed by atoms with E-state index in [0.29, 0.717) is 16.6 Å². The van der Waals surface area contributed by atoms with Crippen molar-refractivity contribution >= 4 is 29.0 Å². The molecule has 0 aromatic heterocycles. The van der Waals surface area contributed by atoms with Gasteiger partial charge in [0.05, 0.1) is 16.6 Å². The van der Waals surface area contributed by atoms with Crippen LogP contribution in [-0.4, -0.2) is 30.3 Å². The Morgan fingerprint density at radius 3 is 2.35 bits per heavy atom. The third kappa shape index (κ3) is 4.49. The predicted molar refractivity (Wildman–Crippen MR) is 109 cm³/mol. The number of carbonyl (C=O) groups is 1. The summed E-state index contributed by atoms with van der Waals surface area (Å²) < 4.78 is 0. The van der Waals surface area contributed by atoms with Crippen molar-refractivity contribution in [2.45, 2.75) is 32.6 Å². The molecule has 2 nitrogen and oxygen atoms in total. The van der Waals surface area contributed by atoms with E-state index in [1.165, 1.54) is 11.5 Å². The third-order valence-corrected chi connectivity index (χ3v) is 5.65. The number of hydrogen-bond donors (Lipinski definition) is 0. The lowest BCUT2D eigenvalue weighted by Crippen LogP contribution is -2.27. The third-order valence-electron chi connectivity index (χ3n) is 4.91. The molecule has 1 aliphatic heterocycles. The molecule has 0 spiro atoms. The summed E-state index contributed by atoms with van der Waals surface area (Å²) in [6.07, 6.45) is 0.953. The molecule has 2 aromatic carbocycles. The van der Waals surface area contributed by atoms with Gasteiger partial charge in [-0.3, -0.25) is 9.69 Å². The molecule has 2 aromatic rings. The molecule has 4 heteroatoms. The molecule has 1 heterocycles. The number of hydrogen-bond acceptors (Lipinski definition) is 2. The minimum absolute atomic E-state index is 0.0975. The van der Waals surface area contributed by atoms with Crippen LogP contribution in [0.2, 0.25) is 10.0 Å². The van der Waals surface area contributed by atoms with Crippen LogP contribution < -0.4 is 0 Å². The number of ketones is 1. The molecule has 26 heavy (non-hydrogen) atoms. The Labute approximate surface area is 166 Å². The fourth-order valence-electron chi connectivity index (χ4n) is 3.26. The van der Waals surface area contributed by atoms with Crippen LogP contribution >= 0.6 is 23.2 Å². The van der Waals surface area contributed by atoms with Gasteiger partial charge in [0.15, 0.2) is 5.78 Å². The van der Waals surface area contributed by atoms with E-state index in [9.17, 15) is 4.79 Å². The van der Waals surface area contributed by atoms with Crippen LogP contribution in [0.1, 0.15) is 48.7 Å². The highest BCUT2D eigenvalue weighted by Crippen LogP contribution is 2.31. The smallest absolute Gasteiger partial charge is 0.176 e. The molecule has 0 amide bonds. The maximum Gasteiger partial charge on any atom is 0.176 e. The second-order valence-corrected chi connectivity index (χ2v) is 8.76. The number of Topliss-reactive ketones (excluding diaryl/α,β-unsaturated/α-hetero) is 1. The van der Waals surface area contributed by atoms with Crippen molar-refractivity contribution in [1.29, 1.82) is 0 Å². The summed E-state index contributed by atoms with van der Waals surface area (Å²) in [5.74, 6) is 1.47. The molecule has 0 unspecified atom stereocenters. The van der Waals surface area contributed by atoms with E-state index in [-0.39, 0.29) is 11.2 Å². The Kier molecular flexibility index (Phi) is 5.76. The molecular formula is C22H24Cl2NO. The quantitative estimate of drug-likeness (QED) is 0.616. The number of likely N-dealkylation sites (tertiary alicyclic amines) is 1. The van der Waals surface area contributed by atoms with Gasteiger partial charge in [0.25, 0.3) is 0 Å². The Morgan fingerprint density at radius 2 is 1.73 bits per heavy atom. The highest BCUT2D eigenvalue weighted by Gasteiger charge is 2.26. The molecule has 0 atom stereocenters. The highest BCUT2D eigenvalue weighted by atomic mass is 35.5. The van der Waals surface area contributed by atoms with Crippen molar-refractivity contribution in [3.8, 4) is 0 Å². The van der Waals surface area contributed by atoms with Crippen molar-refractivity contribution in [2.75, 3.05) is 19.6 Å². The van der Waals surface area contributed by atoms with E-state index >= 15 is 0 Å². The van der Waals surface area contributed by atoms with Gasteiger partial charge in [-0.05, 0) is 41.6 Å². The summed E-state index contributed by atoms with van der Waals surface area (Å²) in [6, 6.07) is 13.8. The molecule has 0 N–H and O–H groups in total. The fourth-order valence-corrected chi connectivity index (χ4v) is 3.56.